The van der Waals surface area contributed by atoms with Crippen molar-refractivity contribution in [3.05, 3.63) is 81.6 Å². The van der Waals surface area contributed by atoms with Crippen molar-refractivity contribution in [2.45, 2.75) is 46.6 Å². The lowest BCUT2D eigenvalue weighted by atomic mass is 9.72. The molecule has 4 rings (SSSR count). The second-order valence-electron chi connectivity index (χ2n) is 9.02. The zero-order valence-corrected chi connectivity index (χ0v) is 20.4. The molecule has 34 heavy (non-hydrogen) atoms. The number of carboxylic acids is 1. The Hall–Kier alpha value is -3.38. The van der Waals surface area contributed by atoms with Crippen LogP contribution < -0.4 is 15.4 Å². The summed E-state index contributed by atoms with van der Waals surface area (Å²) in [7, 11) is 0. The van der Waals surface area contributed by atoms with Crippen LogP contribution in [0.5, 0.6) is 5.75 Å². The molecule has 0 amide bonds. The maximum atomic E-state index is 12.3. The number of anilines is 1. The van der Waals surface area contributed by atoms with Gasteiger partial charge in [-0.1, -0.05) is 30.7 Å². The number of carboxylic acid groups (broad SMARTS) is 1. The summed E-state index contributed by atoms with van der Waals surface area (Å²) in [5, 5.41) is 16.9. The number of hydrogen-bond acceptors (Lipinski definition) is 5. The summed E-state index contributed by atoms with van der Waals surface area (Å²) >= 11 is 0. The van der Waals surface area contributed by atoms with Crippen molar-refractivity contribution in [2.24, 2.45) is 5.92 Å². The first kappa shape index (κ1) is 23.8. The third-order valence-corrected chi connectivity index (χ3v) is 6.69. The monoisotopic (exact) mass is 460 g/mol. The number of fused-ring (bicyclic) bond motifs is 2. The lowest BCUT2D eigenvalue weighted by Crippen LogP contribution is -2.35. The number of carbonyl (C=O) groups excluding carboxylic acids is 1. The van der Waals surface area contributed by atoms with Crippen molar-refractivity contribution in [3.63, 3.8) is 0 Å². The number of carbonyl (C=O) groups is 2. The van der Waals surface area contributed by atoms with Gasteiger partial charge in [0.2, 0.25) is 0 Å². The zero-order chi connectivity index (χ0) is 24.6. The average molecular weight is 461 g/mol. The Morgan fingerprint density at radius 1 is 1.03 bits per heavy atom. The number of benzene rings is 2. The molecule has 0 spiro atoms. The van der Waals surface area contributed by atoms with Gasteiger partial charge in [-0.2, -0.15) is 0 Å². The molecule has 0 radical (unpaired) electrons. The second kappa shape index (κ2) is 9.47. The third-order valence-electron chi connectivity index (χ3n) is 6.69. The fourth-order valence-corrected chi connectivity index (χ4v) is 5.01. The highest BCUT2D eigenvalue weighted by atomic mass is 16.5. The van der Waals surface area contributed by atoms with Gasteiger partial charge in [-0.25, -0.2) is 4.79 Å². The van der Waals surface area contributed by atoms with E-state index >= 15 is 0 Å². The third kappa shape index (κ3) is 4.26. The standard InChI is InChI=1S/C28H32N2O4/c1-6-29-23-13-25-21(10-15(23)3)27(19-9-8-18(17(5)31)12-20(19)28(32)33)22-11-16(4)24(30-7-2)14-26(22)34-25/h8-14,21,23,27,29-30H,6-7H2,1-5H3,(H,32,33). The maximum Gasteiger partial charge on any atom is 0.336 e. The highest BCUT2D eigenvalue weighted by Crippen LogP contribution is 2.50. The van der Waals surface area contributed by atoms with Crippen LogP contribution in [0.1, 0.15) is 71.0 Å². The summed E-state index contributed by atoms with van der Waals surface area (Å²) in [6.07, 6.45) is 4.30. The number of allylic oxidation sites excluding steroid dienone is 1. The number of rotatable bonds is 7. The molecule has 0 bridgehead atoms. The second-order valence-corrected chi connectivity index (χ2v) is 9.02. The first-order valence-corrected chi connectivity index (χ1v) is 11.8. The van der Waals surface area contributed by atoms with Crippen LogP contribution >= 0.6 is 0 Å². The van der Waals surface area contributed by atoms with Gasteiger partial charge in [0, 0.05) is 47.3 Å². The van der Waals surface area contributed by atoms with E-state index in [2.05, 4.69) is 42.7 Å². The zero-order valence-electron chi connectivity index (χ0n) is 20.4. The number of ketones is 1. The summed E-state index contributed by atoms with van der Waals surface area (Å²) in [6, 6.07) is 9.19. The van der Waals surface area contributed by atoms with Gasteiger partial charge in [0.25, 0.3) is 0 Å². The molecule has 178 valence electrons. The first-order valence-electron chi connectivity index (χ1n) is 11.8. The molecule has 0 aromatic heterocycles. The van der Waals surface area contributed by atoms with Crippen LogP contribution in [-0.4, -0.2) is 36.0 Å². The minimum Gasteiger partial charge on any atom is -0.478 e. The van der Waals surface area contributed by atoms with E-state index in [1.807, 2.05) is 19.9 Å². The first-order chi connectivity index (χ1) is 16.2. The van der Waals surface area contributed by atoms with Gasteiger partial charge < -0.3 is 20.5 Å². The van der Waals surface area contributed by atoms with Gasteiger partial charge in [0.1, 0.15) is 11.5 Å². The smallest absolute Gasteiger partial charge is 0.336 e. The number of aryl methyl sites for hydroxylation is 1. The highest BCUT2D eigenvalue weighted by Gasteiger charge is 2.39. The van der Waals surface area contributed by atoms with Crippen LogP contribution in [-0.2, 0) is 0 Å². The lowest BCUT2D eigenvalue weighted by Gasteiger charge is -2.39. The van der Waals surface area contributed by atoms with Crippen LogP contribution in [0.15, 0.2) is 53.8 Å². The molecule has 2 aromatic carbocycles. The molecule has 3 unspecified atom stereocenters. The minimum absolute atomic E-state index is 0.0659. The summed E-state index contributed by atoms with van der Waals surface area (Å²) in [5.74, 6) is -0.0617. The summed E-state index contributed by atoms with van der Waals surface area (Å²) in [6.45, 7) is 11.3. The van der Waals surface area contributed by atoms with Crippen molar-refractivity contribution in [1.29, 1.82) is 0 Å². The predicted octanol–water partition coefficient (Wildman–Crippen LogP) is 5.29. The van der Waals surface area contributed by atoms with Crippen molar-refractivity contribution in [3.8, 4) is 5.75 Å². The SMILES string of the molecule is CCNc1cc2c(cc1C)C(c1ccc(C(C)=O)cc1C(=O)O)C1C=C(C)C(NCC)C=C1O2. The van der Waals surface area contributed by atoms with Gasteiger partial charge in [0.15, 0.2) is 5.78 Å². The largest absolute Gasteiger partial charge is 0.478 e. The van der Waals surface area contributed by atoms with E-state index in [0.29, 0.717) is 11.1 Å². The van der Waals surface area contributed by atoms with E-state index in [1.54, 1.807) is 12.1 Å². The quantitative estimate of drug-likeness (QED) is 0.384. The fraction of sp³-hybridized carbons (Fsp3) is 0.357. The number of ether oxygens (including phenoxy) is 1. The molecule has 2 aromatic rings. The van der Waals surface area contributed by atoms with Crippen LogP contribution in [0.3, 0.4) is 0 Å². The topological polar surface area (TPSA) is 87.7 Å². The minimum atomic E-state index is -1.04. The van der Waals surface area contributed by atoms with Crippen LogP contribution in [0.4, 0.5) is 5.69 Å². The molecular formula is C28H32N2O4. The Morgan fingerprint density at radius 2 is 1.79 bits per heavy atom. The molecule has 0 saturated heterocycles. The maximum absolute atomic E-state index is 12.3. The molecule has 1 heterocycles. The van der Waals surface area contributed by atoms with Gasteiger partial charge in [-0.05, 0) is 63.6 Å². The number of Topliss-reactive ketones (excluding diaryl/α,β-unsaturated/α-hetero) is 1. The van der Waals surface area contributed by atoms with Crippen molar-refractivity contribution >= 4 is 17.4 Å². The highest BCUT2D eigenvalue weighted by molar-refractivity contribution is 5.98. The van der Waals surface area contributed by atoms with Gasteiger partial charge in [-0.15, -0.1) is 0 Å². The van der Waals surface area contributed by atoms with Crippen LogP contribution in [0.2, 0.25) is 0 Å². The molecule has 3 atom stereocenters. The fourth-order valence-electron chi connectivity index (χ4n) is 5.01. The Labute approximate surface area is 200 Å². The Balaban J connectivity index is 1.95. The number of hydrogen-bond donors (Lipinski definition) is 3. The van der Waals surface area contributed by atoms with E-state index in [4.69, 9.17) is 4.74 Å². The molecular weight excluding hydrogens is 428 g/mol. The lowest BCUT2D eigenvalue weighted by molar-refractivity contribution is 0.0695. The van der Waals surface area contributed by atoms with Crippen LogP contribution in [0, 0.1) is 12.8 Å². The van der Waals surface area contributed by atoms with Crippen LogP contribution in [0.25, 0.3) is 0 Å². The Morgan fingerprint density at radius 3 is 2.44 bits per heavy atom. The van der Waals surface area contributed by atoms with E-state index < -0.39 is 5.97 Å². The predicted molar refractivity (Wildman–Crippen MR) is 134 cm³/mol. The Bertz CT molecular complexity index is 1210. The normalized spacial score (nSPS) is 20.9. The van der Waals surface area contributed by atoms with E-state index in [-0.39, 0.29) is 29.2 Å². The molecule has 0 fully saturated rings. The number of aromatic carboxylic acids is 1. The summed E-state index contributed by atoms with van der Waals surface area (Å²) < 4.78 is 6.45. The van der Waals surface area contributed by atoms with E-state index in [9.17, 15) is 14.7 Å². The molecule has 1 aliphatic heterocycles. The molecule has 1 aliphatic carbocycles. The Kier molecular flexibility index (Phi) is 6.62. The molecule has 2 aliphatic rings. The molecule has 0 saturated carbocycles. The van der Waals surface area contributed by atoms with Gasteiger partial charge in [0.05, 0.1) is 5.56 Å². The van der Waals surface area contributed by atoms with Crippen molar-refractivity contribution in [2.75, 3.05) is 18.4 Å². The summed E-state index contributed by atoms with van der Waals surface area (Å²) in [4.78, 5) is 24.3. The van der Waals surface area contributed by atoms with Gasteiger partial charge >= 0.3 is 5.97 Å². The molecule has 3 N–H and O–H groups in total. The molecule has 6 nitrogen and oxygen atoms in total. The average Bonchev–Trinajstić information content (AvgIpc) is 2.79. The van der Waals surface area contributed by atoms with Crippen molar-refractivity contribution in [1.82, 2.24) is 5.32 Å². The van der Waals surface area contributed by atoms with Crippen molar-refractivity contribution < 1.29 is 19.4 Å². The molecule has 6 heteroatoms. The van der Waals surface area contributed by atoms with E-state index in [0.717, 1.165) is 41.4 Å². The number of likely N-dealkylation sites (N-methyl/N-ethyl adjacent to an activating group) is 1. The van der Waals surface area contributed by atoms with E-state index in [1.165, 1.54) is 18.6 Å². The summed E-state index contributed by atoms with van der Waals surface area (Å²) in [5.41, 5.74) is 5.41. The van der Waals surface area contributed by atoms with Gasteiger partial charge in [-0.3, -0.25) is 4.79 Å². The number of nitrogens with one attached hydrogen (secondary N) is 2.